The Morgan fingerprint density at radius 2 is 1.78 bits per heavy atom. The monoisotopic (exact) mass is 525 g/mol. The minimum atomic E-state index is 0.0220. The van der Waals surface area contributed by atoms with Crippen LogP contribution in [0.3, 0.4) is 0 Å². The molecule has 2 fully saturated rings. The van der Waals surface area contributed by atoms with Gasteiger partial charge in [0.05, 0.1) is 34.5 Å². The first-order valence-electron chi connectivity index (χ1n) is 12.6. The first kappa shape index (κ1) is 23.8. The molecule has 1 aliphatic carbocycles. The maximum Gasteiger partial charge on any atom is 0.158 e. The highest BCUT2D eigenvalue weighted by atomic mass is 35.5. The van der Waals surface area contributed by atoms with Crippen molar-refractivity contribution in [1.82, 2.24) is 24.5 Å². The minimum absolute atomic E-state index is 0.0220. The molecule has 36 heavy (non-hydrogen) atoms. The molecule has 0 radical (unpaired) electrons. The van der Waals surface area contributed by atoms with Crippen LogP contribution in [0.5, 0.6) is 0 Å². The number of aryl methyl sites for hydroxylation is 2. The van der Waals surface area contributed by atoms with E-state index in [2.05, 4.69) is 24.3 Å². The minimum Gasteiger partial charge on any atom is -0.381 e. The number of nitrogens with zero attached hydrogens (tertiary/aromatic N) is 7. The van der Waals surface area contributed by atoms with Crippen molar-refractivity contribution >= 4 is 40.8 Å². The van der Waals surface area contributed by atoms with E-state index in [0.717, 1.165) is 73.4 Å². The van der Waals surface area contributed by atoms with E-state index in [0.29, 0.717) is 15.9 Å². The third kappa shape index (κ3) is 3.90. The van der Waals surface area contributed by atoms with Crippen LogP contribution in [0.25, 0.3) is 0 Å². The molecule has 1 atom stereocenters. The molecule has 4 N–H and O–H groups in total. The Balaban J connectivity index is 1.18. The zero-order chi connectivity index (χ0) is 25.0. The molecule has 6 rings (SSSR count). The zero-order valence-corrected chi connectivity index (χ0v) is 22.3. The number of hydrogen-bond acceptors (Lipinski definition) is 9. The normalized spacial score (nSPS) is 20.9. The lowest BCUT2D eigenvalue weighted by atomic mass is 9.73. The Morgan fingerprint density at radius 1 is 1.06 bits per heavy atom. The Kier molecular flexibility index (Phi) is 6.00. The largest absolute Gasteiger partial charge is 0.381 e. The van der Waals surface area contributed by atoms with E-state index >= 15 is 0 Å². The standard InChI is InChI=1S/C25H32ClN9S/c1-15-22(35-11-6-25(7-12-35)13-16-19(20(25)27)33(2)14-30-16)32-21(28)24(31-15)36-17-5-8-29-23(18(17)26)34-9-3-4-10-34/h5,8,14,20H,3-4,6-7,9-13,27H2,1-2H3,(H2,28,32)/t20-/m1/s1. The summed E-state index contributed by atoms with van der Waals surface area (Å²) in [7, 11) is 2.04. The van der Waals surface area contributed by atoms with Gasteiger partial charge in [0.1, 0.15) is 10.8 Å². The van der Waals surface area contributed by atoms with Crippen LogP contribution in [0.2, 0.25) is 5.02 Å². The fourth-order valence-corrected chi connectivity index (χ4v) is 7.23. The van der Waals surface area contributed by atoms with Crippen molar-refractivity contribution in [1.29, 1.82) is 0 Å². The predicted octanol–water partition coefficient (Wildman–Crippen LogP) is 3.74. The van der Waals surface area contributed by atoms with Crippen LogP contribution in [0.4, 0.5) is 17.5 Å². The topological polar surface area (TPSA) is 115 Å². The first-order chi connectivity index (χ1) is 17.4. The molecular formula is C25H32ClN9S. The average molecular weight is 526 g/mol. The van der Waals surface area contributed by atoms with Crippen molar-refractivity contribution in [2.75, 3.05) is 41.7 Å². The maximum atomic E-state index is 6.75. The van der Waals surface area contributed by atoms with E-state index in [1.54, 1.807) is 6.20 Å². The second-order valence-electron chi connectivity index (χ2n) is 10.3. The highest BCUT2D eigenvalue weighted by Gasteiger charge is 2.48. The van der Waals surface area contributed by atoms with Crippen molar-refractivity contribution in [3.63, 3.8) is 0 Å². The highest BCUT2D eigenvalue weighted by Crippen LogP contribution is 2.50. The van der Waals surface area contributed by atoms with Crippen LogP contribution in [0.15, 0.2) is 28.5 Å². The second-order valence-corrected chi connectivity index (χ2v) is 11.7. The highest BCUT2D eigenvalue weighted by molar-refractivity contribution is 7.99. The van der Waals surface area contributed by atoms with Crippen molar-refractivity contribution in [3.05, 3.63) is 40.7 Å². The lowest BCUT2D eigenvalue weighted by Gasteiger charge is -2.42. The summed E-state index contributed by atoms with van der Waals surface area (Å²) < 4.78 is 2.08. The van der Waals surface area contributed by atoms with Gasteiger partial charge in [-0.15, -0.1) is 0 Å². The molecule has 3 aliphatic rings. The Labute approximate surface area is 220 Å². The van der Waals surface area contributed by atoms with Crippen LogP contribution < -0.4 is 21.3 Å². The van der Waals surface area contributed by atoms with E-state index in [1.807, 2.05) is 26.4 Å². The van der Waals surface area contributed by atoms with Crippen molar-refractivity contribution in [3.8, 4) is 0 Å². The zero-order valence-electron chi connectivity index (χ0n) is 20.7. The molecule has 3 aromatic heterocycles. The summed E-state index contributed by atoms with van der Waals surface area (Å²) in [5.41, 5.74) is 16.5. The molecule has 190 valence electrons. The van der Waals surface area contributed by atoms with Gasteiger partial charge in [-0.2, -0.15) is 0 Å². The summed E-state index contributed by atoms with van der Waals surface area (Å²) in [4.78, 5) is 24.2. The molecule has 0 amide bonds. The predicted molar refractivity (Wildman–Crippen MR) is 144 cm³/mol. The summed E-state index contributed by atoms with van der Waals surface area (Å²) in [6.07, 6.45) is 8.95. The first-order valence-corrected chi connectivity index (χ1v) is 13.8. The summed E-state index contributed by atoms with van der Waals surface area (Å²) in [6, 6.07) is 1.94. The molecule has 3 aromatic rings. The van der Waals surface area contributed by atoms with E-state index in [9.17, 15) is 0 Å². The Bertz CT molecular complexity index is 1290. The van der Waals surface area contributed by atoms with Crippen molar-refractivity contribution in [2.45, 2.75) is 55.0 Å². The van der Waals surface area contributed by atoms with Gasteiger partial charge in [0.15, 0.2) is 11.6 Å². The van der Waals surface area contributed by atoms with Gasteiger partial charge in [0.2, 0.25) is 0 Å². The van der Waals surface area contributed by atoms with E-state index in [4.69, 9.17) is 33.0 Å². The molecule has 11 heteroatoms. The van der Waals surface area contributed by atoms with E-state index < -0.39 is 0 Å². The Morgan fingerprint density at radius 3 is 2.50 bits per heavy atom. The van der Waals surface area contributed by atoms with Gasteiger partial charge < -0.3 is 25.8 Å². The smallest absolute Gasteiger partial charge is 0.158 e. The number of halogens is 1. The number of nitrogens with two attached hydrogens (primary N) is 2. The number of piperidine rings is 1. The number of fused-ring (bicyclic) bond motifs is 1. The van der Waals surface area contributed by atoms with Crippen LogP contribution in [0, 0.1) is 12.3 Å². The van der Waals surface area contributed by atoms with Gasteiger partial charge in [-0.25, -0.2) is 19.9 Å². The molecular weight excluding hydrogens is 494 g/mol. The molecule has 0 unspecified atom stereocenters. The fourth-order valence-electron chi connectivity index (χ4n) is 6.03. The summed E-state index contributed by atoms with van der Waals surface area (Å²) in [5.74, 6) is 2.11. The summed E-state index contributed by atoms with van der Waals surface area (Å²) in [6.45, 7) is 5.72. The molecule has 9 nitrogen and oxygen atoms in total. The van der Waals surface area contributed by atoms with Crippen LogP contribution in [0.1, 0.15) is 48.8 Å². The summed E-state index contributed by atoms with van der Waals surface area (Å²) >= 11 is 8.20. The molecule has 0 bridgehead atoms. The van der Waals surface area contributed by atoms with Gasteiger partial charge in [-0.1, -0.05) is 23.4 Å². The molecule has 2 aliphatic heterocycles. The van der Waals surface area contributed by atoms with E-state index in [1.165, 1.54) is 30.3 Å². The average Bonchev–Trinajstić information content (AvgIpc) is 3.58. The number of nitrogen functional groups attached to an aromatic ring is 1. The number of aromatic nitrogens is 5. The maximum absolute atomic E-state index is 6.75. The summed E-state index contributed by atoms with van der Waals surface area (Å²) in [5, 5.41) is 1.32. The number of pyridine rings is 1. The lowest BCUT2D eigenvalue weighted by molar-refractivity contribution is 0.182. The second kappa shape index (κ2) is 9.08. The SMILES string of the molecule is Cc1nc(Sc2ccnc(N3CCCC3)c2Cl)c(N)nc1N1CCC2(CC1)Cc1ncn(C)c1[C@H]2N. The van der Waals surface area contributed by atoms with Crippen molar-refractivity contribution < 1.29 is 0 Å². The third-order valence-corrected chi connectivity index (χ3v) is 9.62. The molecule has 0 saturated carbocycles. The van der Waals surface area contributed by atoms with Gasteiger partial charge in [-0.05, 0) is 45.1 Å². The molecule has 0 aromatic carbocycles. The molecule has 2 saturated heterocycles. The number of imidazole rings is 1. The van der Waals surface area contributed by atoms with Gasteiger partial charge in [-0.3, -0.25) is 0 Å². The number of rotatable bonds is 4. The van der Waals surface area contributed by atoms with Gasteiger partial charge in [0.25, 0.3) is 0 Å². The van der Waals surface area contributed by atoms with Gasteiger partial charge >= 0.3 is 0 Å². The number of hydrogen-bond donors (Lipinski definition) is 2. The van der Waals surface area contributed by atoms with Crippen LogP contribution >= 0.6 is 23.4 Å². The van der Waals surface area contributed by atoms with Crippen LogP contribution in [-0.2, 0) is 13.5 Å². The molecule has 1 spiro atoms. The van der Waals surface area contributed by atoms with Crippen LogP contribution in [-0.4, -0.2) is 50.7 Å². The Hall–Kier alpha value is -2.56. The van der Waals surface area contributed by atoms with E-state index in [-0.39, 0.29) is 11.5 Å². The fraction of sp³-hybridized carbons (Fsp3) is 0.520. The lowest BCUT2D eigenvalue weighted by Crippen LogP contribution is -2.45. The quantitative estimate of drug-likeness (QED) is 0.525. The molecule has 5 heterocycles. The number of anilines is 3. The van der Waals surface area contributed by atoms with Gasteiger partial charge in [0, 0.05) is 49.7 Å². The van der Waals surface area contributed by atoms with Crippen molar-refractivity contribution in [2.24, 2.45) is 18.2 Å². The third-order valence-electron chi connectivity index (χ3n) is 8.08.